The number of hydrogen-bond acceptors (Lipinski definition) is 3. The van der Waals surface area contributed by atoms with E-state index in [2.05, 4.69) is 17.6 Å². The van der Waals surface area contributed by atoms with E-state index < -0.39 is 0 Å². The largest absolute Gasteiger partial charge is 0.323 e. The lowest BCUT2D eigenvalue weighted by Gasteiger charge is -2.35. The molecule has 1 aliphatic heterocycles. The molecule has 1 saturated carbocycles. The van der Waals surface area contributed by atoms with Gasteiger partial charge in [0, 0.05) is 6.04 Å². The summed E-state index contributed by atoms with van der Waals surface area (Å²) in [6.45, 7) is 4.23. The molecule has 0 bridgehead atoms. The third kappa shape index (κ3) is 3.39. The second kappa shape index (κ2) is 6.71. The fraction of sp³-hybridized carbons (Fsp3) is 0.556. The summed E-state index contributed by atoms with van der Waals surface area (Å²) in [6, 6.07) is 7.54. The highest BCUT2D eigenvalue weighted by Gasteiger charge is 2.31. The Morgan fingerprint density at radius 1 is 1.30 bits per heavy atom. The standard InChI is InChI=1S/C18H25N3O2/c1-12-7-3-4-8-14(12)19-13(2)18(23)21-11-17(22)20-15-9-5-6-10-16(15)21/h5-6,9-10,12-14,19H,3-4,7-8,11H2,1-2H3,(H,20,22)/t12-,13-,14-/m0/s1. The van der Waals surface area contributed by atoms with Gasteiger partial charge in [-0.05, 0) is 37.8 Å². The highest BCUT2D eigenvalue weighted by molar-refractivity contribution is 6.11. The first kappa shape index (κ1) is 16.0. The van der Waals surface area contributed by atoms with E-state index in [1.165, 1.54) is 19.3 Å². The van der Waals surface area contributed by atoms with Crippen LogP contribution < -0.4 is 15.5 Å². The van der Waals surface area contributed by atoms with Gasteiger partial charge in [-0.3, -0.25) is 14.5 Å². The van der Waals surface area contributed by atoms with E-state index in [4.69, 9.17) is 0 Å². The first-order valence-electron chi connectivity index (χ1n) is 8.52. The third-order valence-corrected chi connectivity index (χ3v) is 4.98. The van der Waals surface area contributed by atoms with Gasteiger partial charge >= 0.3 is 0 Å². The number of carbonyl (C=O) groups excluding carboxylic acids is 2. The van der Waals surface area contributed by atoms with Crippen molar-refractivity contribution in [3.63, 3.8) is 0 Å². The minimum atomic E-state index is -0.292. The van der Waals surface area contributed by atoms with Gasteiger partial charge in [-0.1, -0.05) is 31.9 Å². The number of amides is 2. The van der Waals surface area contributed by atoms with Gasteiger partial charge in [-0.15, -0.1) is 0 Å². The van der Waals surface area contributed by atoms with Crippen LogP contribution in [0, 0.1) is 5.92 Å². The Morgan fingerprint density at radius 2 is 2.04 bits per heavy atom. The fourth-order valence-electron chi connectivity index (χ4n) is 3.62. The molecule has 3 atom stereocenters. The van der Waals surface area contributed by atoms with Gasteiger partial charge < -0.3 is 10.6 Å². The zero-order valence-corrected chi connectivity index (χ0v) is 13.8. The summed E-state index contributed by atoms with van der Waals surface area (Å²) in [4.78, 5) is 26.3. The number of fused-ring (bicyclic) bond motifs is 1. The van der Waals surface area contributed by atoms with Gasteiger partial charge in [0.05, 0.1) is 17.4 Å². The molecule has 2 amide bonds. The molecule has 0 aromatic heterocycles. The highest BCUT2D eigenvalue weighted by Crippen LogP contribution is 2.30. The van der Waals surface area contributed by atoms with Crippen molar-refractivity contribution in [1.82, 2.24) is 5.32 Å². The number of anilines is 2. The Morgan fingerprint density at radius 3 is 2.83 bits per heavy atom. The topological polar surface area (TPSA) is 61.4 Å². The smallest absolute Gasteiger partial charge is 0.244 e. The minimum Gasteiger partial charge on any atom is -0.323 e. The number of benzene rings is 1. The molecule has 5 heteroatoms. The third-order valence-electron chi connectivity index (χ3n) is 4.98. The second-order valence-electron chi connectivity index (χ2n) is 6.75. The summed E-state index contributed by atoms with van der Waals surface area (Å²) >= 11 is 0. The van der Waals surface area contributed by atoms with Crippen LogP contribution in [0.3, 0.4) is 0 Å². The van der Waals surface area contributed by atoms with Crippen LogP contribution in [-0.4, -0.2) is 30.4 Å². The number of nitrogens with zero attached hydrogens (tertiary/aromatic N) is 1. The monoisotopic (exact) mass is 315 g/mol. The highest BCUT2D eigenvalue weighted by atomic mass is 16.2. The Labute approximate surface area is 137 Å². The quantitative estimate of drug-likeness (QED) is 0.901. The maximum atomic E-state index is 12.9. The summed E-state index contributed by atoms with van der Waals surface area (Å²) in [5, 5.41) is 6.31. The van der Waals surface area contributed by atoms with Crippen molar-refractivity contribution in [2.45, 2.75) is 51.6 Å². The van der Waals surface area contributed by atoms with Crippen LogP contribution in [0.2, 0.25) is 0 Å². The van der Waals surface area contributed by atoms with Gasteiger partial charge in [-0.2, -0.15) is 0 Å². The van der Waals surface area contributed by atoms with Gasteiger partial charge in [0.2, 0.25) is 11.8 Å². The number of rotatable bonds is 3. The predicted octanol–water partition coefficient (Wildman–Crippen LogP) is 2.53. The molecule has 3 rings (SSSR count). The van der Waals surface area contributed by atoms with Crippen LogP contribution in [0.15, 0.2) is 24.3 Å². The Kier molecular flexibility index (Phi) is 4.66. The van der Waals surface area contributed by atoms with Crippen molar-refractivity contribution in [1.29, 1.82) is 0 Å². The number of hydrogen-bond donors (Lipinski definition) is 2. The molecule has 124 valence electrons. The van der Waals surface area contributed by atoms with Crippen molar-refractivity contribution in [3.8, 4) is 0 Å². The Bertz CT molecular complexity index is 602. The van der Waals surface area contributed by atoms with E-state index in [9.17, 15) is 9.59 Å². The molecule has 0 unspecified atom stereocenters. The summed E-state index contributed by atoms with van der Waals surface area (Å²) in [5.41, 5.74) is 1.48. The summed E-state index contributed by atoms with van der Waals surface area (Å²) < 4.78 is 0. The number of carbonyl (C=O) groups is 2. The zero-order valence-electron chi connectivity index (χ0n) is 13.8. The van der Waals surface area contributed by atoms with Gasteiger partial charge in [0.15, 0.2) is 0 Å². The first-order chi connectivity index (χ1) is 11.1. The van der Waals surface area contributed by atoms with Crippen LogP contribution in [0.4, 0.5) is 11.4 Å². The van der Waals surface area contributed by atoms with E-state index in [1.54, 1.807) is 4.90 Å². The molecule has 0 saturated heterocycles. The van der Waals surface area contributed by atoms with Crippen LogP contribution in [0.25, 0.3) is 0 Å². The molecule has 2 N–H and O–H groups in total. The van der Waals surface area contributed by atoms with Crippen molar-refractivity contribution in [3.05, 3.63) is 24.3 Å². The first-order valence-corrected chi connectivity index (χ1v) is 8.52. The van der Waals surface area contributed by atoms with E-state index in [1.807, 2.05) is 31.2 Å². The predicted molar refractivity (Wildman–Crippen MR) is 91.4 cm³/mol. The molecule has 1 aromatic carbocycles. The molecule has 23 heavy (non-hydrogen) atoms. The molecular weight excluding hydrogens is 290 g/mol. The maximum absolute atomic E-state index is 12.9. The average Bonchev–Trinajstić information content (AvgIpc) is 2.55. The molecule has 1 aliphatic carbocycles. The van der Waals surface area contributed by atoms with Crippen LogP contribution in [0.5, 0.6) is 0 Å². The van der Waals surface area contributed by atoms with Gasteiger partial charge in [0.1, 0.15) is 6.54 Å². The van der Waals surface area contributed by atoms with Gasteiger partial charge in [-0.25, -0.2) is 0 Å². The molecule has 0 radical (unpaired) electrons. The fourth-order valence-corrected chi connectivity index (χ4v) is 3.62. The number of para-hydroxylation sites is 2. The van der Waals surface area contributed by atoms with Crippen LogP contribution in [-0.2, 0) is 9.59 Å². The number of nitrogens with one attached hydrogen (secondary N) is 2. The molecule has 5 nitrogen and oxygen atoms in total. The van der Waals surface area contributed by atoms with Gasteiger partial charge in [0.25, 0.3) is 0 Å². The summed E-state index contributed by atoms with van der Waals surface area (Å²) in [7, 11) is 0. The van der Waals surface area contributed by atoms with Crippen molar-refractivity contribution in [2.24, 2.45) is 5.92 Å². The van der Waals surface area contributed by atoms with Crippen LogP contribution >= 0.6 is 0 Å². The molecule has 1 aromatic rings. The Balaban J connectivity index is 1.73. The molecule has 2 aliphatic rings. The van der Waals surface area contributed by atoms with Crippen molar-refractivity contribution in [2.75, 3.05) is 16.8 Å². The van der Waals surface area contributed by atoms with E-state index in [-0.39, 0.29) is 24.4 Å². The summed E-state index contributed by atoms with van der Waals surface area (Å²) in [6.07, 6.45) is 4.84. The van der Waals surface area contributed by atoms with E-state index >= 15 is 0 Å². The molecular formula is C18H25N3O2. The van der Waals surface area contributed by atoms with E-state index in [0.29, 0.717) is 17.6 Å². The minimum absolute atomic E-state index is 0.0370. The second-order valence-corrected chi connectivity index (χ2v) is 6.75. The average molecular weight is 315 g/mol. The van der Waals surface area contributed by atoms with Crippen molar-refractivity contribution >= 4 is 23.2 Å². The molecule has 0 spiro atoms. The van der Waals surface area contributed by atoms with E-state index in [0.717, 1.165) is 12.1 Å². The zero-order chi connectivity index (χ0) is 16.4. The maximum Gasteiger partial charge on any atom is 0.244 e. The van der Waals surface area contributed by atoms with Crippen LogP contribution in [0.1, 0.15) is 39.5 Å². The Hall–Kier alpha value is -1.88. The normalized spacial score (nSPS) is 25.5. The lowest BCUT2D eigenvalue weighted by Crippen LogP contribution is -2.53. The summed E-state index contributed by atoms with van der Waals surface area (Å²) in [5.74, 6) is 0.413. The molecule has 1 fully saturated rings. The SMILES string of the molecule is C[C@H](N[C@H]1CCCC[C@@H]1C)C(=O)N1CC(=O)Nc2ccccc21. The lowest BCUT2D eigenvalue weighted by atomic mass is 9.85. The van der Waals surface area contributed by atoms with Crippen molar-refractivity contribution < 1.29 is 9.59 Å². The molecule has 1 heterocycles. The lowest BCUT2D eigenvalue weighted by molar-refractivity contribution is -0.123.